The molecule has 1 fully saturated rings. The molecule has 12 nitrogen and oxygen atoms in total. The standard InChI is InChI=1S/C24H30N4O8/c1-14-9-18(28-36-14)23(32)27-19(12-33-3)22(31)25-11-20(29)26-17(21(30)24(2)13-35-24)10-15-5-7-16(34-4)8-6-15/h5-9,17,19H,10-13H2,1-4H3,(H,25,31)(H,26,29)(H,27,32)/t17-,19-,24+/m0/s1. The maximum absolute atomic E-state index is 13.0. The van der Waals surface area contributed by atoms with Crippen LogP contribution in [-0.4, -0.2) is 80.3 Å². The molecule has 194 valence electrons. The van der Waals surface area contributed by atoms with Crippen LogP contribution in [0.2, 0.25) is 0 Å². The first kappa shape index (κ1) is 26.8. The van der Waals surface area contributed by atoms with Crippen molar-refractivity contribution in [1.29, 1.82) is 0 Å². The predicted molar refractivity (Wildman–Crippen MR) is 125 cm³/mol. The summed E-state index contributed by atoms with van der Waals surface area (Å²) >= 11 is 0. The van der Waals surface area contributed by atoms with Crippen LogP contribution in [0.4, 0.5) is 0 Å². The number of nitrogens with one attached hydrogen (secondary N) is 3. The van der Waals surface area contributed by atoms with E-state index in [1.54, 1.807) is 45.2 Å². The molecule has 0 spiro atoms. The number of carbonyl (C=O) groups is 4. The number of epoxide rings is 1. The maximum atomic E-state index is 13.0. The fourth-order valence-electron chi connectivity index (χ4n) is 3.42. The van der Waals surface area contributed by atoms with Crippen LogP contribution in [0.3, 0.4) is 0 Å². The Labute approximate surface area is 208 Å². The van der Waals surface area contributed by atoms with Crippen LogP contribution in [0, 0.1) is 6.92 Å². The maximum Gasteiger partial charge on any atom is 0.274 e. The van der Waals surface area contributed by atoms with E-state index in [1.165, 1.54) is 13.2 Å². The minimum Gasteiger partial charge on any atom is -0.497 e. The molecule has 12 heteroatoms. The third-order valence-corrected chi connectivity index (χ3v) is 5.59. The van der Waals surface area contributed by atoms with Crippen LogP contribution >= 0.6 is 0 Å². The second-order valence-corrected chi connectivity index (χ2v) is 8.58. The molecule has 0 radical (unpaired) electrons. The number of aryl methyl sites for hydroxylation is 1. The van der Waals surface area contributed by atoms with Gasteiger partial charge in [0, 0.05) is 13.2 Å². The van der Waals surface area contributed by atoms with Gasteiger partial charge in [-0.15, -0.1) is 0 Å². The normalized spacial score (nSPS) is 18.0. The number of nitrogens with zero attached hydrogens (tertiary/aromatic N) is 1. The van der Waals surface area contributed by atoms with Crippen molar-refractivity contribution in [2.45, 2.75) is 38.0 Å². The lowest BCUT2D eigenvalue weighted by Crippen LogP contribution is -2.53. The van der Waals surface area contributed by atoms with E-state index in [0.717, 1.165) is 5.56 Å². The highest BCUT2D eigenvalue weighted by atomic mass is 16.6. The van der Waals surface area contributed by atoms with Crippen LogP contribution in [0.5, 0.6) is 5.75 Å². The SMILES string of the molecule is COC[C@H](NC(=O)c1cc(C)on1)C(=O)NCC(=O)N[C@@H](Cc1ccc(OC)cc1)C(=O)[C@@]1(C)CO1. The Morgan fingerprint density at radius 2 is 1.81 bits per heavy atom. The van der Waals surface area contributed by atoms with Gasteiger partial charge in [0.1, 0.15) is 23.2 Å². The van der Waals surface area contributed by atoms with Gasteiger partial charge >= 0.3 is 0 Å². The predicted octanol–water partition coefficient (Wildman–Crippen LogP) is -0.0619. The molecule has 3 amide bonds. The van der Waals surface area contributed by atoms with Crippen LogP contribution in [-0.2, 0) is 30.3 Å². The number of ketones is 1. The molecule has 0 aliphatic carbocycles. The summed E-state index contributed by atoms with van der Waals surface area (Å²) in [7, 11) is 2.92. The van der Waals surface area contributed by atoms with Crippen LogP contribution < -0.4 is 20.7 Å². The summed E-state index contributed by atoms with van der Waals surface area (Å²) in [4.78, 5) is 50.5. The van der Waals surface area contributed by atoms with Gasteiger partial charge in [0.2, 0.25) is 11.8 Å². The Bertz CT molecular complexity index is 1090. The zero-order valence-corrected chi connectivity index (χ0v) is 20.6. The summed E-state index contributed by atoms with van der Waals surface area (Å²) in [5.41, 5.74) is -0.121. The summed E-state index contributed by atoms with van der Waals surface area (Å²) in [5, 5.41) is 11.2. The molecule has 1 aromatic carbocycles. The van der Waals surface area contributed by atoms with Gasteiger partial charge in [-0.05, 0) is 38.0 Å². The van der Waals surface area contributed by atoms with Gasteiger partial charge in [-0.3, -0.25) is 19.2 Å². The highest BCUT2D eigenvalue weighted by Gasteiger charge is 2.50. The molecule has 36 heavy (non-hydrogen) atoms. The molecule has 1 aliphatic rings. The van der Waals surface area contributed by atoms with E-state index in [9.17, 15) is 19.2 Å². The molecule has 1 saturated heterocycles. The Morgan fingerprint density at radius 1 is 1.11 bits per heavy atom. The first-order chi connectivity index (χ1) is 17.1. The van der Waals surface area contributed by atoms with Gasteiger partial charge in [-0.1, -0.05) is 17.3 Å². The lowest BCUT2D eigenvalue weighted by molar-refractivity contribution is -0.131. The third kappa shape index (κ3) is 7.12. The number of benzene rings is 1. The Balaban J connectivity index is 1.58. The lowest BCUT2D eigenvalue weighted by atomic mass is 9.95. The zero-order valence-electron chi connectivity index (χ0n) is 20.6. The Morgan fingerprint density at radius 3 is 2.36 bits per heavy atom. The van der Waals surface area contributed by atoms with Gasteiger partial charge < -0.3 is 34.7 Å². The fourth-order valence-corrected chi connectivity index (χ4v) is 3.42. The largest absolute Gasteiger partial charge is 0.497 e. The van der Waals surface area contributed by atoms with Crippen molar-refractivity contribution in [2.75, 3.05) is 34.0 Å². The quantitative estimate of drug-likeness (QED) is 0.319. The molecular weight excluding hydrogens is 472 g/mol. The van der Waals surface area contributed by atoms with Crippen molar-refractivity contribution in [3.8, 4) is 5.75 Å². The van der Waals surface area contributed by atoms with E-state index in [4.69, 9.17) is 18.7 Å². The molecule has 3 rings (SSSR count). The van der Waals surface area contributed by atoms with E-state index < -0.39 is 42.0 Å². The minimum absolute atomic E-state index is 0.00909. The second-order valence-electron chi connectivity index (χ2n) is 8.58. The van der Waals surface area contributed by atoms with Gasteiger partial charge in [0.15, 0.2) is 11.5 Å². The van der Waals surface area contributed by atoms with Crippen molar-refractivity contribution in [2.24, 2.45) is 0 Å². The number of Topliss-reactive ketones (excluding diaryl/α,β-unsaturated/α-hetero) is 1. The number of amides is 3. The summed E-state index contributed by atoms with van der Waals surface area (Å²) < 4.78 is 20.3. The second kappa shape index (κ2) is 11.8. The Hall–Kier alpha value is -3.77. The molecule has 0 bridgehead atoms. The van der Waals surface area contributed by atoms with Crippen molar-refractivity contribution in [3.05, 3.63) is 47.3 Å². The smallest absolute Gasteiger partial charge is 0.274 e. The summed E-state index contributed by atoms with van der Waals surface area (Å²) in [5.74, 6) is -0.997. The highest BCUT2D eigenvalue weighted by Crippen LogP contribution is 2.29. The van der Waals surface area contributed by atoms with Crippen molar-refractivity contribution in [1.82, 2.24) is 21.1 Å². The van der Waals surface area contributed by atoms with Crippen molar-refractivity contribution < 1.29 is 37.9 Å². The first-order valence-electron chi connectivity index (χ1n) is 11.3. The van der Waals surface area contributed by atoms with E-state index >= 15 is 0 Å². The van der Waals surface area contributed by atoms with Gasteiger partial charge in [0.25, 0.3) is 5.91 Å². The number of rotatable bonds is 13. The minimum atomic E-state index is -1.08. The van der Waals surface area contributed by atoms with E-state index in [2.05, 4.69) is 21.1 Å². The van der Waals surface area contributed by atoms with Crippen LogP contribution in [0.1, 0.15) is 28.7 Å². The van der Waals surface area contributed by atoms with Gasteiger partial charge in [-0.2, -0.15) is 0 Å². The molecular formula is C24H30N4O8. The van der Waals surface area contributed by atoms with Gasteiger partial charge in [-0.25, -0.2) is 0 Å². The molecule has 0 unspecified atom stereocenters. The highest BCUT2D eigenvalue weighted by molar-refractivity contribution is 5.98. The molecule has 2 heterocycles. The molecule has 1 aromatic heterocycles. The van der Waals surface area contributed by atoms with Crippen molar-refractivity contribution in [3.63, 3.8) is 0 Å². The zero-order chi connectivity index (χ0) is 26.3. The summed E-state index contributed by atoms with van der Waals surface area (Å²) in [6, 6.07) is 6.62. The molecule has 3 N–H and O–H groups in total. The number of methoxy groups -OCH3 is 2. The van der Waals surface area contributed by atoms with Crippen LogP contribution in [0.15, 0.2) is 34.9 Å². The number of hydrogen-bond acceptors (Lipinski definition) is 9. The molecule has 3 atom stereocenters. The number of hydrogen-bond donors (Lipinski definition) is 3. The number of ether oxygens (including phenoxy) is 3. The average Bonchev–Trinajstić information content (AvgIpc) is 3.47. The van der Waals surface area contributed by atoms with E-state index in [0.29, 0.717) is 11.5 Å². The summed E-state index contributed by atoms with van der Waals surface area (Å²) in [6.07, 6.45) is 0.237. The lowest BCUT2D eigenvalue weighted by Gasteiger charge is -2.21. The third-order valence-electron chi connectivity index (χ3n) is 5.59. The molecule has 2 aromatic rings. The fraction of sp³-hybridized carbons (Fsp3) is 0.458. The van der Waals surface area contributed by atoms with Gasteiger partial charge in [0.05, 0.1) is 32.9 Å². The molecule has 0 saturated carbocycles. The summed E-state index contributed by atoms with van der Waals surface area (Å²) in [6.45, 7) is 3.02. The first-order valence-corrected chi connectivity index (χ1v) is 11.3. The Kier molecular flexibility index (Phi) is 8.78. The van der Waals surface area contributed by atoms with E-state index in [-0.39, 0.29) is 31.1 Å². The average molecular weight is 503 g/mol. The molecule has 1 aliphatic heterocycles. The number of carbonyl (C=O) groups excluding carboxylic acids is 4. The monoisotopic (exact) mass is 502 g/mol. The topological polar surface area (TPSA) is 161 Å². The number of aromatic nitrogens is 1. The van der Waals surface area contributed by atoms with Crippen LogP contribution in [0.25, 0.3) is 0 Å². The van der Waals surface area contributed by atoms with Crippen molar-refractivity contribution >= 4 is 23.5 Å². The van der Waals surface area contributed by atoms with E-state index in [1.807, 2.05) is 0 Å².